The third-order valence-electron chi connectivity index (χ3n) is 4.10. The van der Waals surface area contributed by atoms with E-state index in [4.69, 9.17) is 4.55 Å². The molecule has 0 saturated carbocycles. The fraction of sp³-hybridized carbons (Fsp3) is 0. The smallest absolute Gasteiger partial charge is 0.294 e. The van der Waals surface area contributed by atoms with Gasteiger partial charge in [-0.25, -0.2) is 9.20 Å². The molecule has 150 valence electrons. The molecule has 2 aromatic carbocycles. The number of hydrogen-bond donors (Lipinski definition) is 3. The minimum absolute atomic E-state index is 0. The molecule has 0 spiro atoms. The minimum Gasteiger partial charge on any atom is -0.740 e. The van der Waals surface area contributed by atoms with Crippen LogP contribution >= 0.6 is 0 Å². The van der Waals surface area contributed by atoms with Crippen molar-refractivity contribution in [2.45, 2.75) is 4.90 Å². The molecule has 1 unspecified atom stereocenters. The van der Waals surface area contributed by atoms with Gasteiger partial charge in [0.1, 0.15) is 28.5 Å². The number of rotatable bonds is 4. The molecule has 0 fully saturated rings. The molecular weight excluding hydrogens is 590 g/mol. The molecule has 3 N–H and O–H groups in total. The maximum atomic E-state index is 12.7. The summed E-state index contributed by atoms with van der Waals surface area (Å²) >= 11 is -2.81. The van der Waals surface area contributed by atoms with E-state index in [1.54, 1.807) is 0 Å². The summed E-state index contributed by atoms with van der Waals surface area (Å²) in [5.74, 6) is -1.08. The van der Waals surface area contributed by atoms with Crippen molar-refractivity contribution in [2.75, 3.05) is 0 Å². The van der Waals surface area contributed by atoms with Crippen LogP contribution in [-0.2, 0) is 86.9 Å². The van der Waals surface area contributed by atoms with Gasteiger partial charge in [0.15, 0.2) is 5.75 Å². The van der Waals surface area contributed by atoms with E-state index < -0.39 is 37.9 Å². The number of Topliss-reactive ketones (excluding diaryl/α,β-unsaturated/α-hetero) is 1. The summed E-state index contributed by atoms with van der Waals surface area (Å²) in [7, 11) is -4.48. The van der Waals surface area contributed by atoms with Gasteiger partial charge < -0.3 is 18.8 Å². The number of fused-ring (bicyclic) bond motifs is 2. The Morgan fingerprint density at radius 1 is 1.13 bits per heavy atom. The standard InChI is InChI=1S/C16H10N2O8S2.2Y/c19-15-9-5-7(26-27(21)22)1-3-11(9)17-13(15)14-16(20)10-6-8(28(23,24)25)2-4-12(10)18-14;;/h1-6,18,20H,(H,21,22)(H,23,24,25);;/p-1. The van der Waals surface area contributed by atoms with Crippen molar-refractivity contribution < 1.29 is 101 Å². The molecule has 0 amide bonds. The average molecular weight is 599 g/mol. The topological polar surface area (TPSA) is 169 Å². The number of hydrogen-bond acceptors (Lipinski definition) is 8. The Morgan fingerprint density at radius 2 is 1.83 bits per heavy atom. The van der Waals surface area contributed by atoms with Gasteiger partial charge in [0.05, 0.1) is 16.1 Å². The van der Waals surface area contributed by atoms with E-state index in [1.807, 2.05) is 0 Å². The maximum absolute atomic E-state index is 12.7. The fourth-order valence-corrected chi connectivity index (χ4v) is 3.65. The molecule has 3 aromatic rings. The molecular formula is C16H9N2O8S2Y2-. The summed E-state index contributed by atoms with van der Waals surface area (Å²) in [6.07, 6.45) is 0. The summed E-state index contributed by atoms with van der Waals surface area (Å²) in [6, 6.07) is 7.43. The Kier molecular flexibility index (Phi) is 7.90. The van der Waals surface area contributed by atoms with Gasteiger partial charge in [-0.05, 0) is 36.4 Å². The molecule has 14 heteroatoms. The number of nitrogens with one attached hydrogen (secondary N) is 1. The zero-order valence-electron chi connectivity index (χ0n) is 14.7. The van der Waals surface area contributed by atoms with Gasteiger partial charge in [0.2, 0.25) is 5.78 Å². The van der Waals surface area contributed by atoms with Gasteiger partial charge in [-0.3, -0.25) is 9.35 Å². The van der Waals surface area contributed by atoms with Crippen molar-refractivity contribution in [1.29, 1.82) is 0 Å². The van der Waals surface area contributed by atoms with E-state index in [2.05, 4.69) is 14.2 Å². The number of ketones is 1. The summed E-state index contributed by atoms with van der Waals surface area (Å²) in [5.41, 5.74) is 0.462. The second-order valence-electron chi connectivity index (χ2n) is 5.79. The first-order valence-electron chi connectivity index (χ1n) is 7.53. The van der Waals surface area contributed by atoms with Crippen LogP contribution in [0.5, 0.6) is 11.5 Å². The minimum atomic E-state index is -4.48. The Bertz CT molecular complexity index is 1330. The van der Waals surface area contributed by atoms with E-state index in [0.717, 1.165) is 12.1 Å². The SMILES string of the molecule is O=C1C(c2[nH]c3ccc(S(=O)(=O)O)cc3c2O)=Nc2ccc(OS(=O)[O-])cc21.[Y].[Y]. The van der Waals surface area contributed by atoms with Gasteiger partial charge in [0, 0.05) is 76.3 Å². The first-order valence-corrected chi connectivity index (χ1v) is 9.97. The van der Waals surface area contributed by atoms with Gasteiger partial charge >= 0.3 is 0 Å². The van der Waals surface area contributed by atoms with E-state index in [1.165, 1.54) is 24.3 Å². The number of carbonyl (C=O) groups is 1. The number of carbonyl (C=O) groups excluding carboxylic acids is 1. The first-order chi connectivity index (χ1) is 13.1. The van der Waals surface area contributed by atoms with Crippen LogP contribution in [-0.4, -0.2) is 43.3 Å². The number of nitrogens with zero attached hydrogens (tertiary/aromatic N) is 1. The van der Waals surface area contributed by atoms with Crippen LogP contribution in [0.15, 0.2) is 46.3 Å². The van der Waals surface area contributed by atoms with E-state index >= 15 is 0 Å². The number of benzene rings is 2. The van der Waals surface area contributed by atoms with E-state index in [0.29, 0.717) is 5.52 Å². The second kappa shape index (κ2) is 9.33. The molecule has 0 bridgehead atoms. The van der Waals surface area contributed by atoms with Crippen LogP contribution in [0.3, 0.4) is 0 Å². The number of aromatic amines is 1. The summed E-state index contributed by atoms with van der Waals surface area (Å²) < 4.78 is 57.5. The summed E-state index contributed by atoms with van der Waals surface area (Å²) in [5, 5.41) is 10.5. The monoisotopic (exact) mass is 599 g/mol. The Hall–Kier alpha value is -0.852. The molecule has 10 nitrogen and oxygen atoms in total. The Labute approximate surface area is 222 Å². The molecule has 2 heterocycles. The maximum Gasteiger partial charge on any atom is 0.294 e. The molecule has 4 rings (SSSR count). The predicted octanol–water partition coefficient (Wildman–Crippen LogP) is 1.61. The van der Waals surface area contributed by atoms with Crippen LogP contribution in [0.1, 0.15) is 16.1 Å². The average Bonchev–Trinajstić information content (AvgIpc) is 3.11. The zero-order chi connectivity index (χ0) is 20.2. The van der Waals surface area contributed by atoms with Gasteiger partial charge in [-0.15, -0.1) is 0 Å². The molecule has 1 aliphatic heterocycles. The van der Waals surface area contributed by atoms with Gasteiger partial charge in [-0.1, -0.05) is 0 Å². The third kappa shape index (κ3) is 4.65. The molecule has 1 aliphatic rings. The van der Waals surface area contributed by atoms with Crippen molar-refractivity contribution in [2.24, 2.45) is 4.99 Å². The molecule has 0 aliphatic carbocycles. The van der Waals surface area contributed by atoms with Crippen LogP contribution in [0.25, 0.3) is 10.9 Å². The van der Waals surface area contributed by atoms with Gasteiger partial charge in [0.25, 0.3) is 10.1 Å². The van der Waals surface area contributed by atoms with E-state index in [9.17, 15) is 27.1 Å². The van der Waals surface area contributed by atoms with Crippen molar-refractivity contribution >= 4 is 49.6 Å². The van der Waals surface area contributed by atoms with Crippen molar-refractivity contribution in [1.82, 2.24) is 4.98 Å². The van der Waals surface area contributed by atoms with Crippen LogP contribution in [0, 0.1) is 0 Å². The number of aromatic hydroxyl groups is 1. The fourth-order valence-electron chi connectivity index (χ4n) is 2.88. The first kappa shape index (κ1) is 25.4. The predicted molar refractivity (Wildman–Crippen MR) is 96.3 cm³/mol. The van der Waals surface area contributed by atoms with Crippen LogP contribution < -0.4 is 4.18 Å². The molecule has 2 radical (unpaired) electrons. The molecule has 0 saturated heterocycles. The van der Waals surface area contributed by atoms with Crippen LogP contribution in [0.2, 0.25) is 0 Å². The molecule has 30 heavy (non-hydrogen) atoms. The molecule has 1 aromatic heterocycles. The number of H-pyrrole nitrogens is 1. The van der Waals surface area contributed by atoms with Crippen molar-refractivity contribution in [3.05, 3.63) is 47.7 Å². The van der Waals surface area contributed by atoms with Crippen molar-refractivity contribution in [3.8, 4) is 11.5 Å². The number of aliphatic imine (C=N–C) groups is 1. The quantitative estimate of drug-likeness (QED) is 0.300. The van der Waals surface area contributed by atoms with Crippen molar-refractivity contribution in [3.63, 3.8) is 0 Å². The second-order valence-corrected chi connectivity index (χ2v) is 7.78. The van der Waals surface area contributed by atoms with Gasteiger partial charge in [-0.2, -0.15) is 8.42 Å². The zero-order valence-corrected chi connectivity index (χ0v) is 22.0. The Balaban J connectivity index is 0.00000160. The summed E-state index contributed by atoms with van der Waals surface area (Å²) in [4.78, 5) is 19.2. The van der Waals surface area contributed by atoms with Crippen LogP contribution in [0.4, 0.5) is 5.69 Å². The third-order valence-corrected chi connectivity index (χ3v) is 5.28. The largest absolute Gasteiger partial charge is 0.740 e. The number of aromatic nitrogens is 1. The Morgan fingerprint density at radius 3 is 2.47 bits per heavy atom. The summed E-state index contributed by atoms with van der Waals surface area (Å²) in [6.45, 7) is 0. The van der Waals surface area contributed by atoms with E-state index in [-0.39, 0.29) is 99.2 Å². The normalized spacial score (nSPS) is 13.8. The molecule has 1 atom stereocenters.